The van der Waals surface area contributed by atoms with Crippen molar-refractivity contribution in [2.45, 2.75) is 91.1 Å². The van der Waals surface area contributed by atoms with Crippen LogP contribution in [0.2, 0.25) is 0 Å². The summed E-state index contributed by atoms with van der Waals surface area (Å²) >= 11 is 0. The fraction of sp³-hybridized carbons (Fsp3) is 0.759. The highest BCUT2D eigenvalue weighted by Gasteiger charge is 2.61. The molecule has 4 fully saturated rings. The van der Waals surface area contributed by atoms with Crippen molar-refractivity contribution in [2.24, 2.45) is 40.4 Å². The third-order valence-electron chi connectivity index (χ3n) is 11.1. The molecule has 0 bridgehead atoms. The molecule has 4 aliphatic rings. The number of hydrogen-bond donors (Lipinski definition) is 3. The van der Waals surface area contributed by atoms with E-state index in [0.29, 0.717) is 40.3 Å². The molecule has 0 amide bonds. The highest BCUT2D eigenvalue weighted by Crippen LogP contribution is 2.68. The van der Waals surface area contributed by atoms with Crippen molar-refractivity contribution in [3.8, 4) is 0 Å². The Kier molecular flexibility index (Phi) is 5.82. The lowest BCUT2D eigenvalue weighted by molar-refractivity contribution is -0.150. The lowest BCUT2D eigenvalue weighted by Gasteiger charge is -2.61. The molecule has 1 aromatic rings. The van der Waals surface area contributed by atoms with Crippen LogP contribution in [0.1, 0.15) is 84.1 Å². The van der Waals surface area contributed by atoms with E-state index in [1.165, 1.54) is 19.3 Å². The van der Waals surface area contributed by atoms with Crippen molar-refractivity contribution in [1.29, 1.82) is 0 Å². The van der Waals surface area contributed by atoms with Crippen molar-refractivity contribution in [3.63, 3.8) is 0 Å². The molecule has 4 nitrogen and oxygen atoms in total. The highest BCUT2D eigenvalue weighted by molar-refractivity contribution is 5.87. The third kappa shape index (κ3) is 3.68. The van der Waals surface area contributed by atoms with Gasteiger partial charge in [-0.15, -0.1) is 0 Å². The molecule has 4 N–H and O–H groups in total. The van der Waals surface area contributed by atoms with Crippen LogP contribution >= 0.6 is 0 Å². The number of nitrogens with two attached hydrogens (primary N) is 1. The molecule has 0 aliphatic heterocycles. The monoisotopic (exact) mass is 470 g/mol. The fourth-order valence-corrected chi connectivity index (χ4v) is 9.13. The number of carbonyl (C=O) groups excluding carboxylic acids is 1. The van der Waals surface area contributed by atoms with Crippen LogP contribution in [0.15, 0.2) is 12.1 Å². The predicted molar refractivity (Wildman–Crippen MR) is 135 cm³/mol. The van der Waals surface area contributed by atoms with E-state index in [1.54, 1.807) is 19.1 Å². The number of halogens is 1. The molecule has 34 heavy (non-hydrogen) atoms. The van der Waals surface area contributed by atoms with Crippen LogP contribution in [0, 0.1) is 53.2 Å². The quantitative estimate of drug-likeness (QED) is 0.464. The molecule has 0 heterocycles. The van der Waals surface area contributed by atoms with Gasteiger partial charge in [0, 0.05) is 5.92 Å². The second-order valence-corrected chi connectivity index (χ2v) is 13.0. The first-order valence-corrected chi connectivity index (χ1v) is 13.5. The van der Waals surface area contributed by atoms with Gasteiger partial charge in [0.05, 0.1) is 23.5 Å². The van der Waals surface area contributed by atoms with Crippen LogP contribution in [0.4, 0.5) is 15.8 Å². The van der Waals surface area contributed by atoms with Crippen LogP contribution in [0.25, 0.3) is 0 Å². The molecule has 0 unspecified atom stereocenters. The van der Waals surface area contributed by atoms with E-state index < -0.39 is 5.60 Å². The minimum absolute atomic E-state index is 0.0395. The summed E-state index contributed by atoms with van der Waals surface area (Å²) < 4.78 is 14.6. The summed E-state index contributed by atoms with van der Waals surface area (Å²) in [6.07, 6.45) is 9.83. The number of hydrogen-bond acceptors (Lipinski definition) is 4. The van der Waals surface area contributed by atoms with Gasteiger partial charge in [-0.25, -0.2) is 4.39 Å². The van der Waals surface area contributed by atoms with Gasteiger partial charge in [0.2, 0.25) is 0 Å². The number of ketones is 1. The van der Waals surface area contributed by atoms with Crippen LogP contribution in [0.3, 0.4) is 0 Å². The average Bonchev–Trinajstić information content (AvgIpc) is 3.14. The van der Waals surface area contributed by atoms with E-state index in [1.807, 2.05) is 6.92 Å². The first-order chi connectivity index (χ1) is 16.0. The zero-order chi connectivity index (χ0) is 24.5. The summed E-state index contributed by atoms with van der Waals surface area (Å²) in [5.74, 6) is 2.52. The number of nitrogen functional groups attached to an aromatic ring is 1. The minimum Gasteiger partial charge on any atom is -0.397 e. The minimum atomic E-state index is -0.502. The number of rotatable bonds is 4. The molecule has 5 heteroatoms. The summed E-state index contributed by atoms with van der Waals surface area (Å²) in [5, 5.41) is 13.8. The smallest absolute Gasteiger partial charge is 0.155 e. The normalized spacial score (nSPS) is 43.5. The van der Waals surface area contributed by atoms with Crippen molar-refractivity contribution in [1.82, 2.24) is 0 Å². The van der Waals surface area contributed by atoms with Crippen LogP contribution < -0.4 is 11.1 Å². The Bertz CT molecular complexity index is 977. The standard InChI is InChI=1S/C29H43FN2O2/c1-17-5-10-23(31)26(25(17)30)32-16-24(33)22-9-8-20-19-7-6-18-15-27(2,34)13-14-28(18,3)21(19)11-12-29(20,22)4/h5,10,18-22,32,34H,6-9,11-16,31H2,1-4H3/t18-,19-,20-,21-,22+,27+,28-,29-/m0/s1. The second-order valence-electron chi connectivity index (χ2n) is 13.0. The number of carbonyl (C=O) groups is 1. The Labute approximate surface area is 204 Å². The number of fused-ring (bicyclic) bond motifs is 5. The van der Waals surface area contributed by atoms with Gasteiger partial charge in [0.15, 0.2) is 11.6 Å². The second kappa shape index (κ2) is 8.21. The topological polar surface area (TPSA) is 75.3 Å². The Morgan fingerprint density at radius 3 is 2.56 bits per heavy atom. The highest BCUT2D eigenvalue weighted by atomic mass is 19.1. The van der Waals surface area contributed by atoms with Gasteiger partial charge >= 0.3 is 0 Å². The zero-order valence-electron chi connectivity index (χ0n) is 21.4. The molecule has 5 rings (SSSR count). The van der Waals surface area contributed by atoms with Crippen molar-refractivity contribution in [3.05, 3.63) is 23.5 Å². The number of anilines is 2. The van der Waals surface area contributed by atoms with Crippen molar-refractivity contribution >= 4 is 17.2 Å². The lowest BCUT2D eigenvalue weighted by Crippen LogP contribution is -2.55. The van der Waals surface area contributed by atoms with E-state index in [2.05, 4.69) is 19.2 Å². The first kappa shape index (κ1) is 24.1. The molecule has 8 atom stereocenters. The Hall–Kier alpha value is -1.62. The number of aryl methyl sites for hydroxylation is 1. The Balaban J connectivity index is 1.30. The summed E-state index contributed by atoms with van der Waals surface area (Å²) in [6, 6.07) is 3.36. The molecule has 0 spiro atoms. The molecule has 0 aromatic heterocycles. The Morgan fingerprint density at radius 2 is 1.79 bits per heavy atom. The lowest BCUT2D eigenvalue weighted by atomic mass is 9.44. The van der Waals surface area contributed by atoms with E-state index in [0.717, 1.165) is 38.5 Å². The van der Waals surface area contributed by atoms with Crippen LogP contribution in [-0.2, 0) is 4.79 Å². The van der Waals surface area contributed by atoms with Gasteiger partial charge in [0.25, 0.3) is 0 Å². The molecule has 4 aliphatic carbocycles. The van der Waals surface area contributed by atoms with E-state index in [-0.39, 0.29) is 35.2 Å². The molecule has 188 valence electrons. The van der Waals surface area contributed by atoms with Crippen molar-refractivity contribution in [2.75, 3.05) is 17.6 Å². The molecule has 4 saturated carbocycles. The van der Waals surface area contributed by atoms with E-state index >= 15 is 0 Å². The van der Waals surface area contributed by atoms with Gasteiger partial charge in [0.1, 0.15) is 0 Å². The maximum atomic E-state index is 14.6. The third-order valence-corrected chi connectivity index (χ3v) is 11.1. The Morgan fingerprint density at radius 1 is 1.06 bits per heavy atom. The summed E-state index contributed by atoms with van der Waals surface area (Å²) in [7, 11) is 0. The van der Waals surface area contributed by atoms with Crippen molar-refractivity contribution < 1.29 is 14.3 Å². The van der Waals surface area contributed by atoms with E-state index in [9.17, 15) is 14.3 Å². The fourth-order valence-electron chi connectivity index (χ4n) is 9.13. The largest absolute Gasteiger partial charge is 0.397 e. The maximum Gasteiger partial charge on any atom is 0.155 e. The molecule has 0 saturated heterocycles. The summed E-state index contributed by atoms with van der Waals surface area (Å²) in [5.41, 5.74) is 7.00. The first-order valence-electron chi connectivity index (χ1n) is 13.5. The zero-order valence-corrected chi connectivity index (χ0v) is 21.4. The number of benzene rings is 1. The van der Waals surface area contributed by atoms with Gasteiger partial charge < -0.3 is 16.2 Å². The van der Waals surface area contributed by atoms with Crippen LogP contribution in [0.5, 0.6) is 0 Å². The van der Waals surface area contributed by atoms with Crippen LogP contribution in [-0.4, -0.2) is 23.0 Å². The number of Topliss-reactive ketones (excluding diaryl/α,β-unsaturated/α-hetero) is 1. The van der Waals surface area contributed by atoms with Gasteiger partial charge in [-0.1, -0.05) is 19.9 Å². The summed E-state index contributed by atoms with van der Waals surface area (Å²) in [4.78, 5) is 13.5. The molecule has 0 radical (unpaired) electrons. The van der Waals surface area contributed by atoms with Gasteiger partial charge in [-0.2, -0.15) is 0 Å². The van der Waals surface area contributed by atoms with E-state index in [4.69, 9.17) is 5.73 Å². The van der Waals surface area contributed by atoms with Gasteiger partial charge in [-0.05, 0) is 118 Å². The molecular formula is C29H43FN2O2. The number of nitrogens with one attached hydrogen (secondary N) is 1. The number of aliphatic hydroxyl groups is 1. The SMILES string of the molecule is Cc1ccc(N)c(NCC(=O)[C@H]2CC[C@H]3[C@@H]4CC[C@H]5C[C@](C)(O)CC[C@]5(C)[C@H]4CC[C@]23C)c1F. The predicted octanol–water partition coefficient (Wildman–Crippen LogP) is 6.11. The molecular weight excluding hydrogens is 427 g/mol. The summed E-state index contributed by atoms with van der Waals surface area (Å²) in [6.45, 7) is 8.75. The maximum absolute atomic E-state index is 14.6. The van der Waals surface area contributed by atoms with Gasteiger partial charge in [-0.3, -0.25) is 4.79 Å². The molecule has 1 aromatic carbocycles. The average molecular weight is 471 g/mol.